The van der Waals surface area contributed by atoms with Gasteiger partial charge in [-0.15, -0.1) is 5.10 Å². The van der Waals surface area contributed by atoms with Crippen LogP contribution in [-0.2, 0) is 6.18 Å². The topological polar surface area (TPSA) is 67.6 Å². The van der Waals surface area contributed by atoms with Gasteiger partial charge in [0, 0.05) is 37.1 Å². The molecule has 3 aromatic heterocycles. The molecular weight excluding hydrogens is 502 g/mol. The quantitative estimate of drug-likeness (QED) is 0.424. The van der Waals surface area contributed by atoms with E-state index in [0.717, 1.165) is 24.5 Å². The van der Waals surface area contributed by atoms with Crippen LogP contribution in [0.1, 0.15) is 43.9 Å². The summed E-state index contributed by atoms with van der Waals surface area (Å²) in [4.78, 5) is 9.98. The van der Waals surface area contributed by atoms with Crippen molar-refractivity contribution < 1.29 is 31.1 Å². The van der Waals surface area contributed by atoms with Crippen molar-refractivity contribution in [2.24, 2.45) is 11.8 Å². The van der Waals surface area contributed by atoms with Gasteiger partial charge in [-0.2, -0.15) is 35.8 Å². The monoisotopic (exact) mass is 528 g/mol. The molecule has 4 heterocycles. The molecule has 2 bridgehead atoms. The van der Waals surface area contributed by atoms with E-state index < -0.39 is 24.7 Å². The number of rotatable bonds is 6. The van der Waals surface area contributed by atoms with E-state index in [4.69, 9.17) is 4.74 Å². The number of alkyl halides is 6. The molecule has 0 spiro atoms. The predicted octanol–water partition coefficient (Wildman–Crippen LogP) is 5.53. The van der Waals surface area contributed by atoms with Crippen LogP contribution in [0.4, 0.5) is 38.0 Å². The standard InChI is InChI=1S/C24H26F6N6O/c1-13(2)17-5-6-19(37-12-23(25,26)27)36-21(17)33-22(34-36)32-20-14-3-4-15(20)11-35(10-14)16-7-8-31-18(9-16)24(28,29)30/h5-9,13-15,20H,3-4,10-12H2,1-2H3,(H,32,34)/t14-,15+,20-. The van der Waals surface area contributed by atoms with Crippen molar-refractivity contribution in [1.82, 2.24) is 19.6 Å². The van der Waals surface area contributed by atoms with Crippen LogP contribution in [0.3, 0.4) is 0 Å². The smallest absolute Gasteiger partial charge is 0.433 e. The van der Waals surface area contributed by atoms with Gasteiger partial charge in [0.15, 0.2) is 12.3 Å². The molecule has 2 aliphatic rings. The second kappa shape index (κ2) is 9.25. The van der Waals surface area contributed by atoms with Crippen LogP contribution in [0.5, 0.6) is 5.88 Å². The molecule has 3 atom stereocenters. The van der Waals surface area contributed by atoms with Gasteiger partial charge in [-0.25, -0.2) is 0 Å². The van der Waals surface area contributed by atoms with Crippen molar-refractivity contribution in [3.8, 4) is 5.88 Å². The summed E-state index contributed by atoms with van der Waals surface area (Å²) in [5.74, 6) is 0.547. The van der Waals surface area contributed by atoms with E-state index in [0.29, 0.717) is 24.4 Å². The first kappa shape index (κ1) is 25.4. The van der Waals surface area contributed by atoms with Gasteiger partial charge in [0.25, 0.3) is 0 Å². The molecule has 1 aliphatic heterocycles. The van der Waals surface area contributed by atoms with E-state index in [1.54, 1.807) is 12.1 Å². The first-order valence-corrected chi connectivity index (χ1v) is 12.0. The van der Waals surface area contributed by atoms with Gasteiger partial charge in [0.2, 0.25) is 11.8 Å². The third kappa shape index (κ3) is 5.26. The average Bonchev–Trinajstić information content (AvgIpc) is 3.33. The van der Waals surface area contributed by atoms with Crippen molar-refractivity contribution in [3.63, 3.8) is 0 Å². The lowest BCUT2D eigenvalue weighted by atomic mass is 9.92. The maximum Gasteiger partial charge on any atom is 0.433 e. The summed E-state index contributed by atoms with van der Waals surface area (Å²) in [6.07, 6.45) is -6.05. The Morgan fingerprint density at radius 3 is 2.38 bits per heavy atom. The zero-order valence-corrected chi connectivity index (χ0v) is 20.1. The minimum Gasteiger partial charge on any atom is -0.468 e. The SMILES string of the molecule is CC(C)c1ccc(OCC(F)(F)F)n2nc(N[C@@H]3[C@@H]4CC[C@H]3CN(c3ccnc(C(F)(F)F)c3)C4)nc12. The highest BCUT2D eigenvalue weighted by Crippen LogP contribution is 2.41. The number of fused-ring (bicyclic) bond motifs is 3. The molecular formula is C24H26F6N6O. The van der Waals surface area contributed by atoms with Gasteiger partial charge in [0.1, 0.15) is 5.69 Å². The van der Waals surface area contributed by atoms with Gasteiger partial charge in [0.05, 0.1) is 0 Å². The van der Waals surface area contributed by atoms with E-state index in [1.165, 1.54) is 16.8 Å². The van der Waals surface area contributed by atoms with Crippen molar-refractivity contribution in [1.29, 1.82) is 0 Å². The number of aromatic nitrogens is 4. The number of halogens is 6. The van der Waals surface area contributed by atoms with Crippen LogP contribution in [0.2, 0.25) is 0 Å². The van der Waals surface area contributed by atoms with Crippen LogP contribution in [0.25, 0.3) is 5.65 Å². The molecule has 5 rings (SSSR count). The second-order valence-electron chi connectivity index (χ2n) is 9.93. The second-order valence-corrected chi connectivity index (χ2v) is 9.93. The van der Waals surface area contributed by atoms with Gasteiger partial charge < -0.3 is 15.0 Å². The normalized spacial score (nSPS) is 22.2. The van der Waals surface area contributed by atoms with Crippen molar-refractivity contribution in [3.05, 3.63) is 41.7 Å². The number of nitrogens with zero attached hydrogens (tertiary/aromatic N) is 5. The van der Waals surface area contributed by atoms with Crippen LogP contribution < -0.4 is 15.0 Å². The molecule has 1 N–H and O–H groups in total. The Kier molecular flexibility index (Phi) is 6.35. The highest BCUT2D eigenvalue weighted by Gasteiger charge is 2.43. The van der Waals surface area contributed by atoms with Crippen LogP contribution in [0, 0.1) is 11.8 Å². The Morgan fingerprint density at radius 1 is 1.05 bits per heavy atom. The maximum absolute atomic E-state index is 13.1. The zero-order valence-electron chi connectivity index (χ0n) is 20.1. The molecule has 3 aromatic rings. The van der Waals surface area contributed by atoms with Crippen LogP contribution in [-0.4, -0.2) is 51.5 Å². The van der Waals surface area contributed by atoms with Crippen molar-refractivity contribution in [2.45, 2.75) is 51.0 Å². The van der Waals surface area contributed by atoms with Crippen molar-refractivity contribution in [2.75, 3.05) is 29.9 Å². The molecule has 13 heteroatoms. The van der Waals surface area contributed by atoms with E-state index in [1.807, 2.05) is 18.7 Å². The number of hydrogen-bond donors (Lipinski definition) is 1. The summed E-state index contributed by atoms with van der Waals surface area (Å²) in [5.41, 5.74) is 0.793. The van der Waals surface area contributed by atoms with Gasteiger partial charge in [-0.1, -0.05) is 13.8 Å². The number of hydrogen-bond acceptors (Lipinski definition) is 6. The summed E-state index contributed by atoms with van der Waals surface area (Å²) in [6, 6.07) is 5.80. The Bertz CT molecular complexity index is 1260. The Hall–Kier alpha value is -3.25. The number of pyridine rings is 2. The molecule has 0 unspecified atom stereocenters. The number of anilines is 2. The fraction of sp³-hybridized carbons (Fsp3) is 0.542. The summed E-state index contributed by atoms with van der Waals surface area (Å²) in [7, 11) is 0. The third-order valence-electron chi connectivity index (χ3n) is 7.01. The minimum absolute atomic E-state index is 0.0142. The molecule has 1 saturated heterocycles. The summed E-state index contributed by atoms with van der Waals surface area (Å²) >= 11 is 0. The van der Waals surface area contributed by atoms with E-state index in [9.17, 15) is 26.3 Å². The summed E-state index contributed by atoms with van der Waals surface area (Å²) < 4.78 is 83.9. The molecule has 1 aliphatic carbocycles. The first-order chi connectivity index (χ1) is 17.4. The molecule has 0 radical (unpaired) electrons. The highest BCUT2D eigenvalue weighted by atomic mass is 19.4. The molecule has 2 fully saturated rings. The van der Waals surface area contributed by atoms with E-state index in [-0.39, 0.29) is 35.6 Å². The zero-order chi connectivity index (χ0) is 26.5. The summed E-state index contributed by atoms with van der Waals surface area (Å²) in [5, 5.41) is 7.78. The lowest BCUT2D eigenvalue weighted by Crippen LogP contribution is -2.48. The maximum atomic E-state index is 13.1. The van der Waals surface area contributed by atoms with Crippen molar-refractivity contribution >= 4 is 17.3 Å². The lowest BCUT2D eigenvalue weighted by Gasteiger charge is -2.39. The molecule has 0 amide bonds. The molecule has 0 aromatic carbocycles. The van der Waals surface area contributed by atoms with E-state index in [2.05, 4.69) is 20.4 Å². The first-order valence-electron chi connectivity index (χ1n) is 12.0. The van der Waals surface area contributed by atoms with Crippen LogP contribution in [0.15, 0.2) is 30.5 Å². The third-order valence-corrected chi connectivity index (χ3v) is 7.01. The van der Waals surface area contributed by atoms with E-state index >= 15 is 0 Å². The van der Waals surface area contributed by atoms with Gasteiger partial charge in [-0.05, 0) is 54.4 Å². The number of piperidine rings is 1. The Labute approximate surface area is 208 Å². The molecule has 37 heavy (non-hydrogen) atoms. The number of ether oxygens (including phenoxy) is 1. The Morgan fingerprint density at radius 2 is 1.76 bits per heavy atom. The lowest BCUT2D eigenvalue weighted by molar-refractivity contribution is -0.154. The van der Waals surface area contributed by atoms with Gasteiger partial charge in [-0.3, -0.25) is 4.98 Å². The fourth-order valence-electron chi connectivity index (χ4n) is 5.32. The minimum atomic E-state index is -4.51. The molecule has 200 valence electrons. The number of nitrogens with one attached hydrogen (secondary N) is 1. The average molecular weight is 529 g/mol. The molecule has 1 saturated carbocycles. The highest BCUT2D eigenvalue weighted by molar-refractivity contribution is 5.55. The summed E-state index contributed by atoms with van der Waals surface area (Å²) in [6.45, 7) is 3.57. The van der Waals surface area contributed by atoms with Crippen LogP contribution >= 0.6 is 0 Å². The molecule has 7 nitrogen and oxygen atoms in total. The van der Waals surface area contributed by atoms with Gasteiger partial charge >= 0.3 is 12.4 Å². The largest absolute Gasteiger partial charge is 0.468 e. The Balaban J connectivity index is 1.36. The fourth-order valence-corrected chi connectivity index (χ4v) is 5.32. The predicted molar refractivity (Wildman–Crippen MR) is 124 cm³/mol.